The fourth-order valence-corrected chi connectivity index (χ4v) is 8.82. The number of hydrogen-bond acceptors (Lipinski definition) is 8. The maximum absolute atomic E-state index is 14.5. The van der Waals surface area contributed by atoms with Gasteiger partial charge in [-0.25, -0.2) is 0 Å². The molecule has 0 bridgehead atoms. The minimum Gasteiger partial charge on any atom is -0.458 e. The number of benzene rings is 1. The Hall–Kier alpha value is -2.33. The Morgan fingerprint density at radius 1 is 1.08 bits per heavy atom. The molecule has 1 aromatic rings. The normalized spacial score (nSPS) is 53.0. The average molecular weight is 540 g/mol. The molecule has 1 spiro atoms. The maximum atomic E-state index is 14.5. The summed E-state index contributed by atoms with van der Waals surface area (Å²) in [5.41, 5.74) is -2.36. The summed E-state index contributed by atoms with van der Waals surface area (Å²) in [5.74, 6) is -2.25. The molecule has 2 aliphatic carbocycles. The van der Waals surface area contributed by atoms with Crippen LogP contribution in [0.25, 0.3) is 0 Å². The highest BCUT2D eigenvalue weighted by Crippen LogP contribution is 2.70. The first-order valence-electron chi connectivity index (χ1n) is 14.2. The summed E-state index contributed by atoms with van der Waals surface area (Å²) in [4.78, 5) is 40.5. The van der Waals surface area contributed by atoms with E-state index >= 15 is 0 Å². The topological polar surface area (TPSA) is 130 Å². The molecule has 14 atom stereocenters. The number of epoxide rings is 3. The molecule has 9 nitrogen and oxygen atoms in total. The van der Waals surface area contributed by atoms with Crippen LogP contribution in [0.1, 0.15) is 46.6 Å². The predicted molar refractivity (Wildman–Crippen MR) is 136 cm³/mol. The minimum atomic E-state index is -1.79. The molecule has 6 aliphatic rings. The van der Waals surface area contributed by atoms with Gasteiger partial charge < -0.3 is 29.4 Å². The summed E-state index contributed by atoms with van der Waals surface area (Å²) in [6.45, 7) is 8.81. The van der Waals surface area contributed by atoms with Gasteiger partial charge in [-0.3, -0.25) is 14.4 Å². The van der Waals surface area contributed by atoms with Crippen molar-refractivity contribution in [2.75, 3.05) is 0 Å². The van der Waals surface area contributed by atoms with Crippen LogP contribution in [0.4, 0.5) is 0 Å². The molecule has 2 N–H and O–H groups in total. The van der Waals surface area contributed by atoms with Gasteiger partial charge in [-0.2, -0.15) is 0 Å². The van der Waals surface area contributed by atoms with Crippen LogP contribution in [0, 0.1) is 29.1 Å². The third-order valence-corrected chi connectivity index (χ3v) is 10.9. The van der Waals surface area contributed by atoms with E-state index in [2.05, 4.69) is 19.2 Å². The van der Waals surface area contributed by atoms with Crippen LogP contribution in [-0.4, -0.2) is 76.6 Å². The summed E-state index contributed by atoms with van der Waals surface area (Å²) < 4.78 is 24.8. The van der Waals surface area contributed by atoms with Crippen LogP contribution in [0.15, 0.2) is 30.3 Å². The fraction of sp³-hybridized carbons (Fsp3) is 0.700. The second kappa shape index (κ2) is 8.12. The van der Waals surface area contributed by atoms with Crippen LogP contribution in [0.2, 0.25) is 0 Å². The highest BCUT2D eigenvalue weighted by molar-refractivity contribution is 5.91. The van der Waals surface area contributed by atoms with Gasteiger partial charge in [0.05, 0.1) is 23.9 Å². The lowest BCUT2D eigenvalue weighted by molar-refractivity contribution is -0.175. The molecule has 6 fully saturated rings. The van der Waals surface area contributed by atoms with Gasteiger partial charge in [-0.15, -0.1) is 0 Å². The molecule has 1 aromatic carbocycles. The van der Waals surface area contributed by atoms with Crippen LogP contribution in [0.5, 0.6) is 0 Å². The number of aliphatic hydroxyl groups is 1. The Kier molecular flexibility index (Phi) is 5.33. The molecule has 210 valence electrons. The van der Waals surface area contributed by atoms with E-state index in [-0.39, 0.29) is 47.9 Å². The van der Waals surface area contributed by atoms with Crippen molar-refractivity contribution in [3.05, 3.63) is 35.9 Å². The van der Waals surface area contributed by atoms with Crippen LogP contribution in [0.3, 0.4) is 0 Å². The molecule has 0 aromatic heterocycles. The number of carbonyl (C=O) groups excluding carboxylic acids is 3. The van der Waals surface area contributed by atoms with Crippen molar-refractivity contribution in [1.82, 2.24) is 5.32 Å². The van der Waals surface area contributed by atoms with E-state index in [1.807, 2.05) is 30.3 Å². The third-order valence-electron chi connectivity index (χ3n) is 10.9. The molecule has 1 amide bonds. The summed E-state index contributed by atoms with van der Waals surface area (Å²) >= 11 is 0. The fourth-order valence-electron chi connectivity index (χ4n) is 8.82. The van der Waals surface area contributed by atoms with E-state index in [9.17, 15) is 19.5 Å². The largest absolute Gasteiger partial charge is 0.458 e. The van der Waals surface area contributed by atoms with Crippen molar-refractivity contribution in [2.24, 2.45) is 29.1 Å². The van der Waals surface area contributed by atoms with Gasteiger partial charge in [0.15, 0.2) is 5.78 Å². The lowest BCUT2D eigenvalue weighted by atomic mass is 9.50. The van der Waals surface area contributed by atoms with Crippen molar-refractivity contribution in [3.8, 4) is 0 Å². The lowest BCUT2D eigenvalue weighted by Gasteiger charge is -2.50. The first kappa shape index (κ1) is 25.6. The smallest absolute Gasteiger partial charge is 0.303 e. The zero-order valence-electron chi connectivity index (χ0n) is 23.0. The Morgan fingerprint density at radius 2 is 1.79 bits per heavy atom. The Bertz CT molecular complexity index is 1230. The molecule has 0 unspecified atom stereocenters. The monoisotopic (exact) mass is 539 g/mol. The first-order valence-corrected chi connectivity index (χ1v) is 14.2. The molecule has 39 heavy (non-hydrogen) atoms. The number of carbonyl (C=O) groups is 3. The van der Waals surface area contributed by atoms with E-state index in [0.717, 1.165) is 5.56 Å². The summed E-state index contributed by atoms with van der Waals surface area (Å²) in [7, 11) is 0. The highest BCUT2D eigenvalue weighted by Gasteiger charge is 2.84. The van der Waals surface area contributed by atoms with E-state index in [0.29, 0.717) is 12.8 Å². The van der Waals surface area contributed by atoms with Gasteiger partial charge in [-0.1, -0.05) is 44.2 Å². The van der Waals surface area contributed by atoms with Crippen LogP contribution < -0.4 is 5.32 Å². The SMILES string of the molecule is CC(=O)O[C@@H]1[C@@H]2O[C@H]2[C@@](C)(O)C(=O)[C@@H](C)C[C@@H]2O[C@H]2[C@@H]2[C@@H]3O[C@]3(C)[C@@H](C)[C@H]3[C@H](Cc4ccccc4)NC(=O)[C@@]321. The van der Waals surface area contributed by atoms with Gasteiger partial charge in [0.1, 0.15) is 29.3 Å². The average Bonchev–Trinajstić information content (AvgIpc) is 3.79. The quantitative estimate of drug-likeness (QED) is 0.438. The first-order chi connectivity index (χ1) is 18.4. The Morgan fingerprint density at radius 3 is 2.49 bits per heavy atom. The second-order valence-electron chi connectivity index (χ2n) is 13.1. The zero-order chi connectivity index (χ0) is 27.6. The van der Waals surface area contributed by atoms with Crippen molar-refractivity contribution < 1.29 is 38.4 Å². The third kappa shape index (κ3) is 3.42. The van der Waals surface area contributed by atoms with Gasteiger partial charge in [0.2, 0.25) is 5.91 Å². The van der Waals surface area contributed by atoms with Crippen molar-refractivity contribution >= 4 is 17.7 Å². The number of hydrogen-bond donors (Lipinski definition) is 2. The predicted octanol–water partition coefficient (Wildman–Crippen LogP) is 1.58. The van der Waals surface area contributed by atoms with Crippen molar-refractivity contribution in [2.45, 2.75) is 101 Å². The minimum absolute atomic E-state index is 0.0509. The number of amides is 1. The number of esters is 1. The summed E-state index contributed by atoms with van der Waals surface area (Å²) in [6.07, 6.45) is -2.50. The van der Waals surface area contributed by atoms with Crippen LogP contribution >= 0.6 is 0 Å². The lowest BCUT2D eigenvalue weighted by Crippen LogP contribution is -2.64. The maximum Gasteiger partial charge on any atom is 0.303 e. The van der Waals surface area contributed by atoms with E-state index in [1.165, 1.54) is 13.8 Å². The molecule has 0 radical (unpaired) electrons. The van der Waals surface area contributed by atoms with Crippen molar-refractivity contribution in [3.63, 3.8) is 0 Å². The number of ether oxygens (including phenoxy) is 4. The molecule has 4 heterocycles. The Labute approximate surface area is 227 Å². The molecule has 4 aliphatic heterocycles. The van der Waals surface area contributed by atoms with E-state index < -0.39 is 52.7 Å². The van der Waals surface area contributed by atoms with Gasteiger partial charge >= 0.3 is 5.97 Å². The standard InChI is InChI=1S/C30H37NO8/c1-13-11-18-21(37-18)20-24-29(5,39-24)14(2)19-17(12-16-9-7-6-8-10-16)31-27(34)30(19,20)26(36-15(3)32)22-25(38-22)28(4,35)23(13)33/h6-10,13-14,17-22,24-26,35H,11-12H2,1-5H3,(H,31,34)/t13-,14-,17-,18-,19-,20+,21+,22+,24-,25+,26+,28-,29+,30-/m0/s1. The molecular weight excluding hydrogens is 502 g/mol. The number of ketones is 1. The summed E-state index contributed by atoms with van der Waals surface area (Å²) in [6, 6.07) is 9.79. The molecule has 4 saturated heterocycles. The van der Waals surface area contributed by atoms with Crippen molar-refractivity contribution in [1.29, 1.82) is 0 Å². The molecule has 2 saturated carbocycles. The highest BCUT2D eigenvalue weighted by atomic mass is 16.6. The Balaban J connectivity index is 1.40. The zero-order valence-corrected chi connectivity index (χ0v) is 23.0. The molecule has 9 heteroatoms. The van der Waals surface area contributed by atoms with Gasteiger partial charge in [0, 0.05) is 30.7 Å². The van der Waals surface area contributed by atoms with Crippen LogP contribution in [-0.2, 0) is 39.8 Å². The second-order valence-corrected chi connectivity index (χ2v) is 13.1. The van der Waals surface area contributed by atoms with E-state index in [1.54, 1.807) is 6.92 Å². The molecule has 7 rings (SSSR count). The number of nitrogens with one attached hydrogen (secondary N) is 1. The number of fused-ring (bicyclic) bond motifs is 5. The summed E-state index contributed by atoms with van der Waals surface area (Å²) in [5, 5.41) is 14.7. The van der Waals surface area contributed by atoms with E-state index in [4.69, 9.17) is 18.9 Å². The number of rotatable bonds is 3. The molecular formula is C30H37NO8. The van der Waals surface area contributed by atoms with Gasteiger partial charge in [0.25, 0.3) is 0 Å². The number of Topliss-reactive ketones (excluding diaryl/α,β-unsaturated/α-hetero) is 1. The van der Waals surface area contributed by atoms with Gasteiger partial charge in [-0.05, 0) is 38.2 Å².